The highest BCUT2D eigenvalue weighted by molar-refractivity contribution is 9.10. The van der Waals surface area contributed by atoms with E-state index in [-0.39, 0.29) is 10.7 Å². The first-order valence-electron chi connectivity index (χ1n) is 5.46. The van der Waals surface area contributed by atoms with Crippen molar-refractivity contribution in [1.29, 1.82) is 0 Å². The van der Waals surface area contributed by atoms with Gasteiger partial charge in [-0.15, -0.1) is 0 Å². The second kappa shape index (κ2) is 5.46. The molecule has 1 aromatic heterocycles. The van der Waals surface area contributed by atoms with Gasteiger partial charge in [0.25, 0.3) is 0 Å². The normalized spacial score (nSPS) is 10.8. The lowest BCUT2D eigenvalue weighted by atomic mass is 10.2. The maximum atomic E-state index is 13.6. The molecule has 0 aliphatic rings. The van der Waals surface area contributed by atoms with Gasteiger partial charge in [-0.2, -0.15) is 5.10 Å². The molecule has 1 heterocycles. The molecule has 0 spiro atoms. The third-order valence-corrected chi connectivity index (χ3v) is 4.03. The van der Waals surface area contributed by atoms with Crippen LogP contribution in [-0.2, 0) is 13.6 Å². The van der Waals surface area contributed by atoms with Gasteiger partial charge in [0.05, 0.1) is 33.1 Å². The van der Waals surface area contributed by atoms with Crippen LogP contribution in [0.15, 0.2) is 16.6 Å². The van der Waals surface area contributed by atoms with Crippen LogP contribution in [0, 0.1) is 18.6 Å². The molecule has 0 aliphatic heterocycles. The van der Waals surface area contributed by atoms with Gasteiger partial charge in [-0.3, -0.25) is 4.68 Å². The zero-order valence-corrected chi connectivity index (χ0v) is 12.6. The van der Waals surface area contributed by atoms with E-state index in [1.807, 2.05) is 6.92 Å². The molecule has 0 bridgehead atoms. The highest BCUT2D eigenvalue weighted by Crippen LogP contribution is 2.28. The number of aromatic nitrogens is 2. The Hall–Kier alpha value is -1.14. The van der Waals surface area contributed by atoms with Crippen LogP contribution in [0.1, 0.15) is 11.4 Å². The SMILES string of the molecule is Cc1nn(C)c(CNc2c(F)cc(F)cc2Cl)c1Br. The maximum absolute atomic E-state index is 13.6. The molecule has 0 fully saturated rings. The van der Waals surface area contributed by atoms with Gasteiger partial charge in [0.1, 0.15) is 5.82 Å². The Labute approximate surface area is 122 Å². The molecule has 0 aliphatic carbocycles. The van der Waals surface area contributed by atoms with Crippen molar-refractivity contribution in [2.24, 2.45) is 7.05 Å². The van der Waals surface area contributed by atoms with Gasteiger partial charge < -0.3 is 5.32 Å². The smallest absolute Gasteiger partial charge is 0.150 e. The fourth-order valence-electron chi connectivity index (χ4n) is 1.76. The number of nitrogens with one attached hydrogen (secondary N) is 1. The van der Waals surface area contributed by atoms with Gasteiger partial charge in [-0.1, -0.05) is 11.6 Å². The van der Waals surface area contributed by atoms with Crippen LogP contribution in [0.4, 0.5) is 14.5 Å². The summed E-state index contributed by atoms with van der Waals surface area (Å²) in [5, 5.41) is 7.09. The fourth-order valence-corrected chi connectivity index (χ4v) is 2.49. The number of nitrogens with zero attached hydrogens (tertiary/aromatic N) is 2. The monoisotopic (exact) mass is 349 g/mol. The van der Waals surface area contributed by atoms with E-state index in [4.69, 9.17) is 11.6 Å². The molecule has 1 aromatic carbocycles. The molecule has 2 aromatic rings. The van der Waals surface area contributed by atoms with Gasteiger partial charge in [0.15, 0.2) is 5.82 Å². The molecule has 0 radical (unpaired) electrons. The van der Waals surface area contributed by atoms with Crippen molar-refractivity contribution >= 4 is 33.2 Å². The zero-order chi connectivity index (χ0) is 14.2. The van der Waals surface area contributed by atoms with Gasteiger partial charge in [-0.25, -0.2) is 8.78 Å². The molecule has 102 valence electrons. The summed E-state index contributed by atoms with van der Waals surface area (Å²) in [6.45, 7) is 2.18. The van der Waals surface area contributed by atoms with E-state index < -0.39 is 11.6 Å². The Kier molecular flexibility index (Phi) is 4.10. The third kappa shape index (κ3) is 2.90. The topological polar surface area (TPSA) is 29.9 Å². The Balaban J connectivity index is 2.24. The van der Waals surface area contributed by atoms with Crippen LogP contribution in [-0.4, -0.2) is 9.78 Å². The molecule has 3 nitrogen and oxygen atoms in total. The summed E-state index contributed by atoms with van der Waals surface area (Å²) >= 11 is 9.22. The summed E-state index contributed by atoms with van der Waals surface area (Å²) in [5.41, 5.74) is 1.76. The highest BCUT2D eigenvalue weighted by atomic mass is 79.9. The minimum atomic E-state index is -0.722. The molecule has 7 heteroatoms. The Morgan fingerprint density at radius 1 is 1.42 bits per heavy atom. The van der Waals surface area contributed by atoms with Crippen LogP contribution >= 0.6 is 27.5 Å². The first kappa shape index (κ1) is 14.3. The number of benzene rings is 1. The van der Waals surface area contributed by atoms with Crippen molar-refractivity contribution in [1.82, 2.24) is 9.78 Å². The minimum absolute atomic E-state index is 0.00696. The Bertz CT molecular complexity index is 605. The van der Waals surface area contributed by atoms with Crippen molar-refractivity contribution < 1.29 is 8.78 Å². The highest BCUT2D eigenvalue weighted by Gasteiger charge is 2.13. The second-order valence-electron chi connectivity index (χ2n) is 4.07. The van der Waals surface area contributed by atoms with E-state index in [0.717, 1.165) is 28.0 Å². The van der Waals surface area contributed by atoms with Gasteiger partial charge >= 0.3 is 0 Å². The summed E-state index contributed by atoms with van der Waals surface area (Å²) in [6, 6.07) is 1.86. The maximum Gasteiger partial charge on any atom is 0.150 e. The lowest BCUT2D eigenvalue weighted by molar-refractivity contribution is 0.584. The predicted molar refractivity (Wildman–Crippen MR) is 74.3 cm³/mol. The van der Waals surface area contributed by atoms with E-state index in [1.54, 1.807) is 11.7 Å². The van der Waals surface area contributed by atoms with Crippen molar-refractivity contribution in [3.8, 4) is 0 Å². The summed E-state index contributed by atoms with van der Waals surface area (Å²) in [4.78, 5) is 0. The van der Waals surface area contributed by atoms with Crippen molar-refractivity contribution in [2.75, 3.05) is 5.32 Å². The van der Waals surface area contributed by atoms with E-state index in [0.29, 0.717) is 6.54 Å². The van der Waals surface area contributed by atoms with Gasteiger partial charge in [-0.05, 0) is 28.9 Å². The number of hydrogen-bond donors (Lipinski definition) is 1. The first-order chi connectivity index (χ1) is 8.90. The van der Waals surface area contributed by atoms with Crippen LogP contribution in [0.3, 0.4) is 0 Å². The number of aryl methyl sites for hydroxylation is 2. The minimum Gasteiger partial charge on any atom is -0.376 e. The number of rotatable bonds is 3. The van der Waals surface area contributed by atoms with Crippen LogP contribution in [0.5, 0.6) is 0 Å². The standard InChI is InChI=1S/C12H11BrClF2N3/c1-6-11(13)10(19(2)18-6)5-17-12-8(14)3-7(15)4-9(12)16/h3-4,17H,5H2,1-2H3. The lowest BCUT2D eigenvalue weighted by Gasteiger charge is -2.10. The van der Waals surface area contributed by atoms with Gasteiger partial charge in [0.2, 0.25) is 0 Å². The third-order valence-electron chi connectivity index (χ3n) is 2.70. The molecule has 2 rings (SSSR count). The molecule has 1 N–H and O–H groups in total. The number of halogens is 4. The number of hydrogen-bond acceptors (Lipinski definition) is 2. The van der Waals surface area contributed by atoms with E-state index in [2.05, 4.69) is 26.3 Å². The molecule has 0 atom stereocenters. The average Bonchev–Trinajstić information content (AvgIpc) is 2.53. The second-order valence-corrected chi connectivity index (χ2v) is 5.27. The Morgan fingerprint density at radius 2 is 2.11 bits per heavy atom. The van der Waals surface area contributed by atoms with E-state index in [9.17, 15) is 8.78 Å². The summed E-state index contributed by atoms with van der Waals surface area (Å²) in [7, 11) is 1.79. The molecule has 0 unspecified atom stereocenters. The molecule has 0 saturated heterocycles. The van der Waals surface area contributed by atoms with Gasteiger partial charge in [0, 0.05) is 13.1 Å². The molecule has 19 heavy (non-hydrogen) atoms. The predicted octanol–water partition coefficient (Wildman–Crippen LogP) is 4.03. The van der Waals surface area contributed by atoms with E-state index in [1.165, 1.54) is 0 Å². The quantitative estimate of drug-likeness (QED) is 0.905. The molecule has 0 amide bonds. The summed E-state index contributed by atoms with van der Waals surface area (Å²) in [6.07, 6.45) is 0. The van der Waals surface area contributed by atoms with Crippen molar-refractivity contribution in [3.05, 3.63) is 44.7 Å². The van der Waals surface area contributed by atoms with E-state index >= 15 is 0 Å². The fraction of sp³-hybridized carbons (Fsp3) is 0.250. The lowest BCUT2D eigenvalue weighted by Crippen LogP contribution is -2.07. The summed E-state index contributed by atoms with van der Waals surface area (Å²) in [5.74, 6) is -1.43. The van der Waals surface area contributed by atoms with Crippen LogP contribution < -0.4 is 5.32 Å². The molecular formula is C12H11BrClF2N3. The average molecular weight is 351 g/mol. The van der Waals surface area contributed by atoms with Crippen molar-refractivity contribution in [2.45, 2.75) is 13.5 Å². The molecular weight excluding hydrogens is 340 g/mol. The van der Waals surface area contributed by atoms with Crippen molar-refractivity contribution in [3.63, 3.8) is 0 Å². The van der Waals surface area contributed by atoms with Crippen LogP contribution in [0.25, 0.3) is 0 Å². The number of anilines is 1. The summed E-state index contributed by atoms with van der Waals surface area (Å²) < 4.78 is 29.1. The molecule has 0 saturated carbocycles. The van der Waals surface area contributed by atoms with Crippen LogP contribution in [0.2, 0.25) is 5.02 Å². The first-order valence-corrected chi connectivity index (χ1v) is 6.63. The largest absolute Gasteiger partial charge is 0.376 e. The zero-order valence-electron chi connectivity index (χ0n) is 10.3. The Morgan fingerprint density at radius 3 is 2.63 bits per heavy atom.